The highest BCUT2D eigenvalue weighted by molar-refractivity contribution is 5.59. The van der Waals surface area contributed by atoms with Gasteiger partial charge in [-0.25, -0.2) is 0 Å². The lowest BCUT2D eigenvalue weighted by Gasteiger charge is -2.28. The molecule has 1 aromatic rings. The van der Waals surface area contributed by atoms with Crippen LogP contribution in [0.4, 0.5) is 11.4 Å². The largest absolute Gasteiger partial charge is 0.490 e. The van der Waals surface area contributed by atoms with Gasteiger partial charge in [-0.15, -0.1) is 0 Å². The number of hydrogen-bond acceptors (Lipinski definition) is 4. The van der Waals surface area contributed by atoms with E-state index >= 15 is 0 Å². The molecule has 2 rings (SSSR count). The Bertz CT molecular complexity index is 414. The van der Waals surface area contributed by atoms with Crippen molar-refractivity contribution in [3.8, 4) is 5.75 Å². The Morgan fingerprint density at radius 1 is 1.29 bits per heavy atom. The summed E-state index contributed by atoms with van der Waals surface area (Å²) in [5, 5.41) is 10.9. The second-order valence-electron chi connectivity index (χ2n) is 4.16. The minimum Gasteiger partial charge on any atom is -0.490 e. The topological polar surface area (TPSA) is 55.6 Å². The van der Waals surface area contributed by atoms with E-state index in [1.807, 2.05) is 6.07 Å². The number of benzene rings is 1. The Hall–Kier alpha value is -1.78. The van der Waals surface area contributed by atoms with Crippen molar-refractivity contribution in [1.82, 2.24) is 0 Å². The van der Waals surface area contributed by atoms with Crippen LogP contribution in [0.5, 0.6) is 5.75 Å². The quantitative estimate of drug-likeness (QED) is 0.598. The number of piperidine rings is 1. The summed E-state index contributed by atoms with van der Waals surface area (Å²) in [5.41, 5.74) is 0.952. The molecule has 5 heteroatoms. The third kappa shape index (κ3) is 2.49. The summed E-state index contributed by atoms with van der Waals surface area (Å²) in [6, 6.07) is 5.16. The first-order valence-corrected chi connectivity index (χ1v) is 5.80. The summed E-state index contributed by atoms with van der Waals surface area (Å²) < 4.78 is 4.99. The molecule has 17 heavy (non-hydrogen) atoms. The Labute approximate surface area is 100 Å². The summed E-state index contributed by atoms with van der Waals surface area (Å²) in [4.78, 5) is 12.7. The third-order valence-electron chi connectivity index (χ3n) is 3.08. The van der Waals surface area contributed by atoms with E-state index in [4.69, 9.17) is 4.74 Å². The number of ether oxygens (including phenoxy) is 1. The van der Waals surface area contributed by atoms with E-state index in [-0.39, 0.29) is 5.69 Å². The first-order valence-electron chi connectivity index (χ1n) is 5.80. The monoisotopic (exact) mass is 236 g/mol. The minimum absolute atomic E-state index is 0.0376. The number of hydrogen-bond donors (Lipinski definition) is 0. The molecule has 92 valence electrons. The fourth-order valence-corrected chi connectivity index (χ4v) is 2.17. The maximum absolute atomic E-state index is 10.9. The summed E-state index contributed by atoms with van der Waals surface area (Å²) in [5.74, 6) is 0.316. The molecule has 1 saturated heterocycles. The van der Waals surface area contributed by atoms with Crippen LogP contribution < -0.4 is 9.64 Å². The van der Waals surface area contributed by atoms with Crippen molar-refractivity contribution in [3.63, 3.8) is 0 Å². The second-order valence-corrected chi connectivity index (χ2v) is 4.16. The number of methoxy groups -OCH3 is 1. The number of anilines is 1. The van der Waals surface area contributed by atoms with Crippen LogP contribution in [0.2, 0.25) is 0 Å². The van der Waals surface area contributed by atoms with Gasteiger partial charge in [-0.1, -0.05) is 0 Å². The zero-order valence-corrected chi connectivity index (χ0v) is 9.89. The Kier molecular flexibility index (Phi) is 3.46. The number of nitrogens with zero attached hydrogens (tertiary/aromatic N) is 2. The standard InChI is InChI=1S/C12H16N2O3/c1-17-12-6-5-10(9-11(12)14(15)16)13-7-3-2-4-8-13/h5-6,9H,2-4,7-8H2,1H3. The van der Waals surface area contributed by atoms with Crippen molar-refractivity contribution in [2.45, 2.75) is 19.3 Å². The van der Waals surface area contributed by atoms with Gasteiger partial charge in [0.2, 0.25) is 0 Å². The number of rotatable bonds is 3. The molecule has 1 aromatic carbocycles. The van der Waals surface area contributed by atoms with Crippen LogP contribution in [0.1, 0.15) is 19.3 Å². The SMILES string of the molecule is COc1ccc(N2CCCCC2)cc1[N+](=O)[O-]. The van der Waals surface area contributed by atoms with E-state index in [2.05, 4.69) is 4.90 Å². The van der Waals surface area contributed by atoms with Gasteiger partial charge < -0.3 is 9.64 Å². The van der Waals surface area contributed by atoms with Gasteiger partial charge in [-0.2, -0.15) is 0 Å². The molecule has 5 nitrogen and oxygen atoms in total. The number of nitro groups is 1. The molecule has 1 fully saturated rings. The van der Waals surface area contributed by atoms with Crippen LogP contribution in [0.15, 0.2) is 18.2 Å². The van der Waals surface area contributed by atoms with Gasteiger partial charge in [-0.3, -0.25) is 10.1 Å². The smallest absolute Gasteiger partial charge is 0.312 e. The molecule has 0 spiro atoms. The molecule has 0 bridgehead atoms. The average Bonchev–Trinajstić information content (AvgIpc) is 2.39. The lowest BCUT2D eigenvalue weighted by atomic mass is 10.1. The van der Waals surface area contributed by atoms with Gasteiger partial charge in [0.25, 0.3) is 0 Å². The van der Waals surface area contributed by atoms with Crippen LogP contribution in [0.3, 0.4) is 0 Å². The van der Waals surface area contributed by atoms with Crippen LogP contribution in [-0.4, -0.2) is 25.1 Å². The predicted molar refractivity (Wildman–Crippen MR) is 65.7 cm³/mol. The van der Waals surface area contributed by atoms with Crippen molar-refractivity contribution < 1.29 is 9.66 Å². The van der Waals surface area contributed by atoms with Gasteiger partial charge in [0, 0.05) is 24.8 Å². The highest BCUT2D eigenvalue weighted by Gasteiger charge is 2.18. The summed E-state index contributed by atoms with van der Waals surface area (Å²) in [7, 11) is 1.45. The molecule has 0 saturated carbocycles. The van der Waals surface area contributed by atoms with Gasteiger partial charge in [0.1, 0.15) is 0 Å². The molecule has 1 aliphatic rings. The maximum atomic E-state index is 10.9. The normalized spacial score (nSPS) is 15.7. The zero-order chi connectivity index (χ0) is 12.3. The first kappa shape index (κ1) is 11.7. The summed E-state index contributed by atoms with van der Waals surface area (Å²) >= 11 is 0. The third-order valence-corrected chi connectivity index (χ3v) is 3.08. The fraction of sp³-hybridized carbons (Fsp3) is 0.500. The van der Waals surface area contributed by atoms with Crippen molar-refractivity contribution in [3.05, 3.63) is 28.3 Å². The van der Waals surface area contributed by atoms with E-state index in [1.165, 1.54) is 13.5 Å². The molecule has 0 amide bonds. The molecule has 0 radical (unpaired) electrons. The molecule has 0 atom stereocenters. The van der Waals surface area contributed by atoms with Gasteiger partial charge >= 0.3 is 5.69 Å². The molecular formula is C12H16N2O3. The van der Waals surface area contributed by atoms with Gasteiger partial charge in [0.15, 0.2) is 5.75 Å². The highest BCUT2D eigenvalue weighted by Crippen LogP contribution is 2.32. The van der Waals surface area contributed by atoms with Gasteiger partial charge in [-0.05, 0) is 31.4 Å². The van der Waals surface area contributed by atoms with E-state index in [9.17, 15) is 10.1 Å². The van der Waals surface area contributed by atoms with Crippen molar-refractivity contribution in [2.24, 2.45) is 0 Å². The molecule has 0 aromatic heterocycles. The van der Waals surface area contributed by atoms with E-state index in [0.29, 0.717) is 5.75 Å². The van der Waals surface area contributed by atoms with Crippen molar-refractivity contribution in [1.29, 1.82) is 0 Å². The van der Waals surface area contributed by atoms with E-state index < -0.39 is 4.92 Å². The van der Waals surface area contributed by atoms with Crippen LogP contribution >= 0.6 is 0 Å². The summed E-state index contributed by atoms with van der Waals surface area (Å²) in [6.45, 7) is 1.95. The Balaban J connectivity index is 2.29. The molecule has 0 aliphatic carbocycles. The average molecular weight is 236 g/mol. The minimum atomic E-state index is -0.397. The lowest BCUT2D eigenvalue weighted by Crippen LogP contribution is -2.29. The predicted octanol–water partition coefficient (Wildman–Crippen LogP) is 2.59. The fourth-order valence-electron chi connectivity index (χ4n) is 2.17. The van der Waals surface area contributed by atoms with Gasteiger partial charge in [0.05, 0.1) is 12.0 Å². The molecule has 0 unspecified atom stereocenters. The van der Waals surface area contributed by atoms with Crippen molar-refractivity contribution in [2.75, 3.05) is 25.1 Å². The Morgan fingerprint density at radius 2 is 2.00 bits per heavy atom. The summed E-state index contributed by atoms with van der Waals surface area (Å²) in [6.07, 6.45) is 3.55. The second kappa shape index (κ2) is 5.03. The molecule has 0 N–H and O–H groups in total. The zero-order valence-electron chi connectivity index (χ0n) is 9.89. The lowest BCUT2D eigenvalue weighted by molar-refractivity contribution is -0.385. The van der Waals surface area contributed by atoms with Crippen LogP contribution in [-0.2, 0) is 0 Å². The molecular weight excluding hydrogens is 220 g/mol. The van der Waals surface area contributed by atoms with E-state index in [0.717, 1.165) is 31.6 Å². The highest BCUT2D eigenvalue weighted by atomic mass is 16.6. The van der Waals surface area contributed by atoms with Crippen molar-refractivity contribution >= 4 is 11.4 Å². The van der Waals surface area contributed by atoms with E-state index in [1.54, 1.807) is 12.1 Å². The molecule has 1 heterocycles. The first-order chi connectivity index (χ1) is 8.22. The Morgan fingerprint density at radius 3 is 2.59 bits per heavy atom. The van der Waals surface area contributed by atoms with Crippen LogP contribution in [0.25, 0.3) is 0 Å². The van der Waals surface area contributed by atoms with Crippen LogP contribution in [0, 0.1) is 10.1 Å². The maximum Gasteiger partial charge on any atom is 0.312 e. The number of nitro benzene ring substituents is 1. The molecule has 1 aliphatic heterocycles.